The number of aliphatic imine (C=N–C) groups is 1. The maximum atomic E-state index is 6.10. The van der Waals surface area contributed by atoms with Crippen molar-refractivity contribution in [3.05, 3.63) is 77.9 Å². The molecule has 1 N–H and O–H groups in total. The second kappa shape index (κ2) is 7.87. The van der Waals surface area contributed by atoms with Gasteiger partial charge in [0.05, 0.1) is 11.5 Å². The molecule has 132 valence electrons. The first kappa shape index (κ1) is 17.7. The molecular formula is C23H24N2O. The summed E-state index contributed by atoms with van der Waals surface area (Å²) in [5.74, 6) is 2.57. The number of hydrogen-bond donors (Lipinski definition) is 1. The van der Waals surface area contributed by atoms with Crippen molar-refractivity contribution in [1.82, 2.24) is 5.32 Å². The van der Waals surface area contributed by atoms with Crippen molar-refractivity contribution in [2.75, 3.05) is 7.05 Å². The van der Waals surface area contributed by atoms with E-state index in [2.05, 4.69) is 40.6 Å². The molecule has 3 heteroatoms. The highest BCUT2D eigenvalue weighted by Crippen LogP contribution is 2.32. The molecule has 0 aliphatic rings. The fraction of sp³-hybridized carbons (Fsp3) is 0.174. The van der Waals surface area contributed by atoms with E-state index in [0.29, 0.717) is 0 Å². The highest BCUT2D eigenvalue weighted by Gasteiger charge is 2.07. The molecule has 3 rings (SSSR count). The normalized spacial score (nSPS) is 11.3. The van der Waals surface area contributed by atoms with E-state index < -0.39 is 0 Å². The van der Waals surface area contributed by atoms with Crippen LogP contribution < -0.4 is 10.1 Å². The molecule has 0 saturated heterocycles. The van der Waals surface area contributed by atoms with Gasteiger partial charge in [-0.25, -0.2) is 4.99 Å². The first-order chi connectivity index (χ1) is 12.6. The van der Waals surface area contributed by atoms with Crippen LogP contribution in [-0.2, 0) is 0 Å². The average molecular weight is 344 g/mol. The molecule has 0 amide bonds. The number of nitrogens with one attached hydrogen (secondary N) is 1. The summed E-state index contributed by atoms with van der Waals surface area (Å²) < 4.78 is 6.10. The monoisotopic (exact) mass is 344 g/mol. The quantitative estimate of drug-likeness (QED) is 0.463. The van der Waals surface area contributed by atoms with E-state index in [4.69, 9.17) is 4.74 Å². The zero-order chi connectivity index (χ0) is 18.5. The van der Waals surface area contributed by atoms with Gasteiger partial charge in [-0.05, 0) is 67.3 Å². The van der Waals surface area contributed by atoms with Crippen molar-refractivity contribution in [2.45, 2.75) is 20.8 Å². The van der Waals surface area contributed by atoms with Crippen LogP contribution in [0.2, 0.25) is 0 Å². The van der Waals surface area contributed by atoms with Crippen molar-refractivity contribution < 1.29 is 4.74 Å². The van der Waals surface area contributed by atoms with E-state index in [-0.39, 0.29) is 0 Å². The Hall–Kier alpha value is -3.07. The van der Waals surface area contributed by atoms with Gasteiger partial charge in [-0.3, -0.25) is 0 Å². The van der Waals surface area contributed by atoms with Crippen LogP contribution in [0.5, 0.6) is 11.5 Å². The van der Waals surface area contributed by atoms with Crippen LogP contribution in [0.1, 0.15) is 18.1 Å². The van der Waals surface area contributed by atoms with E-state index >= 15 is 0 Å². The zero-order valence-corrected chi connectivity index (χ0v) is 15.7. The maximum Gasteiger partial charge on any atom is 0.130 e. The van der Waals surface area contributed by atoms with Crippen molar-refractivity contribution >= 4 is 11.5 Å². The minimum Gasteiger partial charge on any atom is -0.457 e. The Balaban J connectivity index is 1.82. The van der Waals surface area contributed by atoms with Crippen LogP contribution in [-0.4, -0.2) is 12.9 Å². The van der Waals surface area contributed by atoms with Crippen molar-refractivity contribution in [2.24, 2.45) is 4.99 Å². The first-order valence-corrected chi connectivity index (χ1v) is 8.74. The van der Waals surface area contributed by atoms with Crippen LogP contribution in [0.25, 0.3) is 11.1 Å². The number of aryl methyl sites for hydroxylation is 2. The standard InChI is InChI=1S/C23H24N2O/c1-16-15-23(17(2)14-22(16)25-18(3)24-4)26-21-12-10-20(11-13-21)19-8-6-5-7-9-19/h5-15H,1-4H3,(H,24,25). The number of hydrogen-bond acceptors (Lipinski definition) is 2. The molecule has 0 aliphatic carbocycles. The van der Waals surface area contributed by atoms with Crippen molar-refractivity contribution in [3.8, 4) is 22.6 Å². The average Bonchev–Trinajstić information content (AvgIpc) is 2.67. The van der Waals surface area contributed by atoms with Crippen LogP contribution in [0.15, 0.2) is 71.7 Å². The summed E-state index contributed by atoms with van der Waals surface area (Å²) in [6, 6.07) is 22.6. The van der Waals surface area contributed by atoms with Crippen LogP contribution in [0.4, 0.5) is 5.69 Å². The largest absolute Gasteiger partial charge is 0.457 e. The molecule has 0 bridgehead atoms. The van der Waals surface area contributed by atoms with Crippen molar-refractivity contribution in [1.29, 1.82) is 0 Å². The van der Waals surface area contributed by atoms with E-state index in [1.165, 1.54) is 11.1 Å². The molecule has 3 nitrogen and oxygen atoms in total. The first-order valence-electron chi connectivity index (χ1n) is 8.74. The fourth-order valence-corrected chi connectivity index (χ4v) is 2.71. The summed E-state index contributed by atoms with van der Waals surface area (Å²) in [7, 11) is 1.87. The summed E-state index contributed by atoms with van der Waals surface area (Å²) in [5, 5.41) is 3.05. The van der Waals surface area contributed by atoms with Gasteiger partial charge in [0.1, 0.15) is 11.5 Å². The Kier molecular flexibility index (Phi) is 5.37. The Morgan fingerprint density at radius 2 is 1.50 bits per heavy atom. The minimum absolute atomic E-state index is 0.829. The van der Waals surface area contributed by atoms with E-state index in [0.717, 1.165) is 34.1 Å². The summed E-state index contributed by atoms with van der Waals surface area (Å²) in [5.41, 5.74) is 5.49. The molecule has 0 aliphatic heterocycles. The number of nitrogens with zero attached hydrogens (tertiary/aromatic N) is 1. The van der Waals surface area contributed by atoms with Gasteiger partial charge >= 0.3 is 0 Å². The minimum atomic E-state index is 0.829. The lowest BCUT2D eigenvalue weighted by Crippen LogP contribution is -2.12. The summed E-state index contributed by atoms with van der Waals surface area (Å²) >= 11 is 0. The SMILES string of the molecule is CNC(C)=Nc1cc(C)c(Oc2ccc(-c3ccccc3)cc2)cc1C. The lowest BCUT2D eigenvalue weighted by atomic mass is 10.1. The molecule has 0 fully saturated rings. The Morgan fingerprint density at radius 1 is 0.846 bits per heavy atom. The highest BCUT2D eigenvalue weighted by molar-refractivity contribution is 5.82. The summed E-state index contributed by atoms with van der Waals surface area (Å²) in [4.78, 5) is 4.58. The lowest BCUT2D eigenvalue weighted by molar-refractivity contribution is 0.478. The lowest BCUT2D eigenvalue weighted by Gasteiger charge is -2.12. The van der Waals surface area contributed by atoms with Gasteiger partial charge in [0.15, 0.2) is 0 Å². The maximum absolute atomic E-state index is 6.10. The second-order valence-electron chi connectivity index (χ2n) is 6.34. The fourth-order valence-electron chi connectivity index (χ4n) is 2.71. The van der Waals surface area contributed by atoms with E-state index in [9.17, 15) is 0 Å². The topological polar surface area (TPSA) is 33.6 Å². The summed E-state index contributed by atoms with van der Waals surface area (Å²) in [6.45, 7) is 6.04. The number of ether oxygens (including phenoxy) is 1. The molecule has 3 aromatic rings. The van der Waals surface area contributed by atoms with Gasteiger partial charge in [0.2, 0.25) is 0 Å². The predicted octanol–water partition coefficient (Wildman–Crippen LogP) is 6.03. The zero-order valence-electron chi connectivity index (χ0n) is 15.7. The van der Waals surface area contributed by atoms with Gasteiger partial charge in [0.25, 0.3) is 0 Å². The molecule has 0 spiro atoms. The smallest absolute Gasteiger partial charge is 0.130 e. The third kappa shape index (κ3) is 4.12. The van der Waals surface area contributed by atoms with Gasteiger partial charge in [0, 0.05) is 7.05 Å². The second-order valence-corrected chi connectivity index (χ2v) is 6.34. The van der Waals surface area contributed by atoms with Gasteiger partial charge in [-0.15, -0.1) is 0 Å². The molecule has 0 atom stereocenters. The number of benzene rings is 3. The van der Waals surface area contributed by atoms with Crippen molar-refractivity contribution in [3.63, 3.8) is 0 Å². The predicted molar refractivity (Wildman–Crippen MR) is 110 cm³/mol. The number of amidine groups is 1. The van der Waals surface area contributed by atoms with E-state index in [1.54, 1.807) is 0 Å². The number of rotatable bonds is 4. The van der Waals surface area contributed by atoms with E-state index in [1.807, 2.05) is 64.2 Å². The molecule has 0 aromatic heterocycles. The molecule has 0 saturated carbocycles. The molecule has 0 heterocycles. The highest BCUT2D eigenvalue weighted by atomic mass is 16.5. The molecule has 0 radical (unpaired) electrons. The molecule has 0 unspecified atom stereocenters. The van der Waals surface area contributed by atoms with Gasteiger partial charge < -0.3 is 10.1 Å². The van der Waals surface area contributed by atoms with Crippen LogP contribution in [0.3, 0.4) is 0 Å². The molecule has 3 aromatic carbocycles. The summed E-state index contributed by atoms with van der Waals surface area (Å²) in [6.07, 6.45) is 0. The Labute approximate surface area is 155 Å². The third-order valence-corrected chi connectivity index (χ3v) is 4.33. The molecular weight excluding hydrogens is 320 g/mol. The Morgan fingerprint density at radius 3 is 2.15 bits per heavy atom. The van der Waals surface area contributed by atoms with Gasteiger partial charge in [-0.2, -0.15) is 0 Å². The van der Waals surface area contributed by atoms with Crippen LogP contribution in [0, 0.1) is 13.8 Å². The van der Waals surface area contributed by atoms with Crippen LogP contribution >= 0.6 is 0 Å². The Bertz CT molecular complexity index is 913. The molecule has 26 heavy (non-hydrogen) atoms. The third-order valence-electron chi connectivity index (χ3n) is 4.33. The van der Waals surface area contributed by atoms with Gasteiger partial charge in [-0.1, -0.05) is 42.5 Å².